The molecular weight excluding hydrogens is 344 g/mol. The number of methoxy groups -OCH3 is 2. The number of rotatable bonds is 4. The maximum atomic E-state index is 5.42. The number of benzene rings is 2. The van der Waals surface area contributed by atoms with Crippen LogP contribution < -0.4 is 9.47 Å². The highest BCUT2D eigenvalue weighted by Crippen LogP contribution is 2.25. The van der Waals surface area contributed by atoms with Gasteiger partial charge < -0.3 is 9.47 Å². The first kappa shape index (κ1) is 14.8. The molecule has 112 valence electrons. The van der Waals surface area contributed by atoms with Gasteiger partial charge in [-0.3, -0.25) is 0 Å². The molecule has 0 aliphatic carbocycles. The first-order valence-electron chi connectivity index (χ1n) is 6.81. The first-order valence-corrected chi connectivity index (χ1v) is 7.61. The average molecular weight is 359 g/mol. The van der Waals surface area contributed by atoms with Crippen LogP contribution in [0.5, 0.6) is 11.5 Å². The van der Waals surface area contributed by atoms with Crippen molar-refractivity contribution in [2.75, 3.05) is 14.2 Å². The molecule has 0 saturated carbocycles. The Bertz CT molecular complexity index is 821. The van der Waals surface area contributed by atoms with E-state index in [1.807, 2.05) is 42.6 Å². The molecule has 3 aromatic rings. The van der Waals surface area contributed by atoms with Gasteiger partial charge in [-0.25, -0.2) is 9.97 Å². The Labute approximate surface area is 137 Å². The smallest absolute Gasteiger partial charge is 0.133 e. The van der Waals surface area contributed by atoms with Crippen LogP contribution in [0.3, 0.4) is 0 Å². The van der Waals surface area contributed by atoms with E-state index in [0.717, 1.165) is 38.3 Å². The van der Waals surface area contributed by atoms with Crippen LogP contribution in [0.1, 0.15) is 11.4 Å². The molecule has 5 heteroatoms. The van der Waals surface area contributed by atoms with Crippen LogP contribution >= 0.6 is 15.9 Å². The zero-order chi connectivity index (χ0) is 15.5. The van der Waals surface area contributed by atoms with Gasteiger partial charge in [-0.2, -0.15) is 0 Å². The summed E-state index contributed by atoms with van der Waals surface area (Å²) in [7, 11) is 3.31. The molecule has 0 aliphatic rings. The summed E-state index contributed by atoms with van der Waals surface area (Å²) in [6.07, 6.45) is 2.45. The molecule has 22 heavy (non-hydrogen) atoms. The van der Waals surface area contributed by atoms with Gasteiger partial charge in [0.2, 0.25) is 0 Å². The second-order valence-corrected chi connectivity index (χ2v) is 5.76. The SMILES string of the molecule is COc1ccc2cnc(Cc3ccc(Br)cc3OC)nc2c1. The molecule has 0 amide bonds. The van der Waals surface area contributed by atoms with E-state index in [0.29, 0.717) is 6.42 Å². The Morgan fingerprint density at radius 3 is 2.68 bits per heavy atom. The van der Waals surface area contributed by atoms with E-state index in [-0.39, 0.29) is 0 Å². The van der Waals surface area contributed by atoms with E-state index < -0.39 is 0 Å². The molecule has 2 aromatic carbocycles. The van der Waals surface area contributed by atoms with Crippen molar-refractivity contribution >= 4 is 26.8 Å². The van der Waals surface area contributed by atoms with Crippen molar-refractivity contribution in [2.45, 2.75) is 6.42 Å². The number of halogens is 1. The van der Waals surface area contributed by atoms with E-state index in [1.165, 1.54) is 0 Å². The molecule has 0 N–H and O–H groups in total. The third-order valence-corrected chi connectivity index (χ3v) is 3.93. The number of ether oxygens (including phenoxy) is 2. The standard InChI is InChI=1S/C17H15BrN2O2/c1-21-14-6-4-12-10-19-17(20-15(12)9-14)7-11-3-5-13(18)8-16(11)22-2/h3-6,8-10H,7H2,1-2H3. The lowest BCUT2D eigenvalue weighted by atomic mass is 10.1. The third-order valence-electron chi connectivity index (χ3n) is 3.44. The van der Waals surface area contributed by atoms with Crippen molar-refractivity contribution in [2.24, 2.45) is 0 Å². The number of aromatic nitrogens is 2. The topological polar surface area (TPSA) is 44.2 Å². The van der Waals surface area contributed by atoms with Crippen molar-refractivity contribution < 1.29 is 9.47 Å². The lowest BCUT2D eigenvalue weighted by molar-refractivity contribution is 0.410. The minimum absolute atomic E-state index is 0.615. The molecular formula is C17H15BrN2O2. The predicted molar refractivity (Wildman–Crippen MR) is 89.6 cm³/mol. The summed E-state index contributed by atoms with van der Waals surface area (Å²) in [6.45, 7) is 0. The maximum absolute atomic E-state index is 5.42. The molecule has 0 bridgehead atoms. The van der Waals surface area contributed by atoms with Crippen LogP contribution in [-0.2, 0) is 6.42 Å². The van der Waals surface area contributed by atoms with Crippen molar-refractivity contribution in [1.82, 2.24) is 9.97 Å². The average Bonchev–Trinajstić information content (AvgIpc) is 2.55. The lowest BCUT2D eigenvalue weighted by Gasteiger charge is -2.09. The molecule has 1 aromatic heterocycles. The van der Waals surface area contributed by atoms with Gasteiger partial charge >= 0.3 is 0 Å². The van der Waals surface area contributed by atoms with Gasteiger partial charge in [-0.1, -0.05) is 22.0 Å². The number of nitrogens with zero attached hydrogens (tertiary/aromatic N) is 2. The fraction of sp³-hybridized carbons (Fsp3) is 0.176. The first-order chi connectivity index (χ1) is 10.7. The Kier molecular flexibility index (Phi) is 4.24. The normalized spacial score (nSPS) is 10.7. The van der Waals surface area contributed by atoms with E-state index in [1.54, 1.807) is 14.2 Å². The van der Waals surface area contributed by atoms with Crippen LogP contribution in [0, 0.1) is 0 Å². The quantitative estimate of drug-likeness (QED) is 0.706. The predicted octanol–water partition coefficient (Wildman–Crippen LogP) is 4.00. The summed E-state index contributed by atoms with van der Waals surface area (Å²) in [5, 5.41) is 0.993. The Morgan fingerprint density at radius 2 is 1.91 bits per heavy atom. The summed E-state index contributed by atoms with van der Waals surface area (Å²) in [5.74, 6) is 2.36. The molecule has 0 saturated heterocycles. The molecule has 0 fully saturated rings. The molecule has 1 heterocycles. The Morgan fingerprint density at radius 1 is 1.05 bits per heavy atom. The summed E-state index contributed by atoms with van der Waals surface area (Å²) in [6, 6.07) is 11.7. The second-order valence-electron chi connectivity index (χ2n) is 4.84. The van der Waals surface area contributed by atoms with Crippen molar-refractivity contribution in [3.8, 4) is 11.5 Å². The van der Waals surface area contributed by atoms with Crippen LogP contribution in [0.4, 0.5) is 0 Å². The number of fused-ring (bicyclic) bond motifs is 1. The van der Waals surface area contributed by atoms with Crippen LogP contribution in [0.15, 0.2) is 47.1 Å². The molecule has 3 rings (SSSR count). The minimum atomic E-state index is 0.615. The molecule has 0 atom stereocenters. The van der Waals surface area contributed by atoms with E-state index in [2.05, 4.69) is 25.9 Å². The van der Waals surface area contributed by atoms with Crippen molar-refractivity contribution in [3.63, 3.8) is 0 Å². The third kappa shape index (κ3) is 3.04. The van der Waals surface area contributed by atoms with Gasteiger partial charge in [-0.05, 0) is 24.3 Å². The summed E-state index contributed by atoms with van der Waals surface area (Å²) in [4.78, 5) is 9.05. The highest BCUT2D eigenvalue weighted by Gasteiger charge is 2.08. The van der Waals surface area contributed by atoms with Crippen LogP contribution in [0.2, 0.25) is 0 Å². The summed E-state index contributed by atoms with van der Waals surface area (Å²) in [5.41, 5.74) is 1.92. The van der Waals surface area contributed by atoms with Gasteiger partial charge in [0.15, 0.2) is 0 Å². The second kappa shape index (κ2) is 6.32. The van der Waals surface area contributed by atoms with Gasteiger partial charge in [0.25, 0.3) is 0 Å². The highest BCUT2D eigenvalue weighted by atomic mass is 79.9. The monoisotopic (exact) mass is 358 g/mol. The summed E-state index contributed by atoms with van der Waals surface area (Å²) >= 11 is 3.45. The Hall–Kier alpha value is -2.14. The van der Waals surface area contributed by atoms with Gasteiger partial charge in [0.05, 0.1) is 19.7 Å². The van der Waals surface area contributed by atoms with E-state index in [9.17, 15) is 0 Å². The van der Waals surface area contributed by atoms with E-state index >= 15 is 0 Å². The fourth-order valence-corrected chi connectivity index (χ4v) is 2.63. The number of hydrogen-bond acceptors (Lipinski definition) is 4. The largest absolute Gasteiger partial charge is 0.497 e. The Balaban J connectivity index is 1.97. The number of hydrogen-bond donors (Lipinski definition) is 0. The van der Waals surface area contributed by atoms with Crippen molar-refractivity contribution in [3.05, 3.63) is 58.5 Å². The lowest BCUT2D eigenvalue weighted by Crippen LogP contribution is -1.99. The molecule has 0 unspecified atom stereocenters. The van der Waals surface area contributed by atoms with E-state index in [4.69, 9.17) is 9.47 Å². The minimum Gasteiger partial charge on any atom is -0.497 e. The molecule has 0 aliphatic heterocycles. The molecule has 0 spiro atoms. The maximum Gasteiger partial charge on any atom is 0.133 e. The highest BCUT2D eigenvalue weighted by molar-refractivity contribution is 9.10. The fourth-order valence-electron chi connectivity index (χ4n) is 2.29. The zero-order valence-corrected chi connectivity index (χ0v) is 13.9. The molecule has 4 nitrogen and oxygen atoms in total. The van der Waals surface area contributed by atoms with Crippen LogP contribution in [0.25, 0.3) is 10.9 Å². The van der Waals surface area contributed by atoms with Crippen LogP contribution in [-0.4, -0.2) is 24.2 Å². The van der Waals surface area contributed by atoms with Gasteiger partial charge in [0, 0.05) is 34.1 Å². The zero-order valence-electron chi connectivity index (χ0n) is 12.3. The van der Waals surface area contributed by atoms with Gasteiger partial charge in [0.1, 0.15) is 17.3 Å². The van der Waals surface area contributed by atoms with Gasteiger partial charge in [-0.15, -0.1) is 0 Å². The molecule has 0 radical (unpaired) electrons. The van der Waals surface area contributed by atoms with Crippen molar-refractivity contribution in [1.29, 1.82) is 0 Å². The summed E-state index contributed by atoms with van der Waals surface area (Å²) < 4.78 is 11.6.